The molecule has 4 aliphatic rings. The first-order valence-corrected chi connectivity index (χ1v) is 15.9. The molecule has 0 saturated carbocycles. The molecule has 3 N–H and O–H groups in total. The summed E-state index contributed by atoms with van der Waals surface area (Å²) in [6, 6.07) is 6.18. The molecule has 4 amide bonds. The van der Waals surface area contributed by atoms with E-state index in [1.54, 1.807) is 40.3 Å². The largest absolute Gasteiger partial charge is 0.477 e. The Bertz CT molecular complexity index is 1420. The fourth-order valence-electron chi connectivity index (χ4n) is 5.12. The summed E-state index contributed by atoms with van der Waals surface area (Å²) >= 11 is 5.61. The maximum absolute atomic E-state index is 14.4. The summed E-state index contributed by atoms with van der Waals surface area (Å²) in [5.41, 5.74) is -1.50. The fraction of sp³-hybridized carbons (Fsp3) is 0.320. The number of hydrogen-bond donors (Lipinski definition) is 3. The van der Waals surface area contributed by atoms with Gasteiger partial charge in [-0.2, -0.15) is 0 Å². The summed E-state index contributed by atoms with van der Waals surface area (Å²) in [6.07, 6.45) is 3.64. The van der Waals surface area contributed by atoms with Gasteiger partial charge in [0.05, 0.1) is 23.9 Å². The van der Waals surface area contributed by atoms with Gasteiger partial charge in [0.15, 0.2) is 5.54 Å². The van der Waals surface area contributed by atoms with Gasteiger partial charge in [-0.05, 0) is 29.0 Å². The van der Waals surface area contributed by atoms with Crippen molar-refractivity contribution in [1.82, 2.24) is 20.4 Å². The molecule has 202 valence electrons. The van der Waals surface area contributed by atoms with Gasteiger partial charge < -0.3 is 20.6 Å². The van der Waals surface area contributed by atoms with Crippen LogP contribution in [0.25, 0.3) is 0 Å². The van der Waals surface area contributed by atoms with E-state index in [1.165, 1.54) is 45.4 Å². The van der Waals surface area contributed by atoms with Gasteiger partial charge in [-0.25, -0.2) is 4.79 Å². The molecule has 4 aliphatic heterocycles. The molecule has 0 aromatic carbocycles. The van der Waals surface area contributed by atoms with Gasteiger partial charge in [0.1, 0.15) is 17.1 Å². The first kappa shape index (κ1) is 26.2. The van der Waals surface area contributed by atoms with Crippen molar-refractivity contribution >= 4 is 75.8 Å². The quantitative estimate of drug-likeness (QED) is 0.390. The highest BCUT2D eigenvalue weighted by Gasteiger charge is 2.58. The number of thioether (sulfide) groups is 2. The lowest BCUT2D eigenvalue weighted by molar-refractivity contribution is -0.152. The maximum atomic E-state index is 14.4. The lowest BCUT2D eigenvalue weighted by Gasteiger charge is -2.51. The molecule has 2 aromatic heterocycles. The molecule has 2 saturated heterocycles. The third kappa shape index (κ3) is 4.29. The number of carbonyl (C=O) groups excluding carboxylic acids is 4. The minimum atomic E-state index is -1.76. The van der Waals surface area contributed by atoms with Crippen LogP contribution in [0.2, 0.25) is 0 Å². The summed E-state index contributed by atoms with van der Waals surface area (Å²) in [6.45, 7) is 0. The standard InChI is InChI=1S/C25H22N4O6S4/c30-17(11-13-3-1-7-36-13)27-25(16-4-2-8-37-16,15-6-10-38-19-12-18(31)29(15)19)24(35)26-20-21(32)28-14(23(33)34)5-9-39-22(20)28/h1-8,19-20,22H,9-12H2,(H,26,35)(H,27,30)(H,33,34)/t19-,20?,22-,25?/m0/s1. The number of thiophene rings is 2. The number of β-lactam (4-membered cyclic amide) rings is 2. The third-order valence-corrected chi connectivity index (χ3v) is 11.1. The van der Waals surface area contributed by atoms with E-state index < -0.39 is 40.6 Å². The van der Waals surface area contributed by atoms with E-state index in [9.17, 15) is 29.1 Å². The Labute approximate surface area is 239 Å². The highest BCUT2D eigenvalue weighted by atomic mass is 32.2. The van der Waals surface area contributed by atoms with Crippen LogP contribution >= 0.6 is 46.2 Å². The average molecular weight is 603 g/mol. The summed E-state index contributed by atoms with van der Waals surface area (Å²) in [5.74, 6) is -2.02. The number of amides is 4. The van der Waals surface area contributed by atoms with E-state index in [-0.39, 0.29) is 23.4 Å². The van der Waals surface area contributed by atoms with Crippen LogP contribution in [0.3, 0.4) is 0 Å². The zero-order valence-electron chi connectivity index (χ0n) is 20.2. The highest BCUT2D eigenvalue weighted by Crippen LogP contribution is 2.46. The molecule has 6 heterocycles. The first-order chi connectivity index (χ1) is 18.8. The van der Waals surface area contributed by atoms with Crippen LogP contribution in [-0.4, -0.2) is 72.8 Å². The van der Waals surface area contributed by atoms with E-state index >= 15 is 0 Å². The second-order valence-electron chi connectivity index (χ2n) is 9.15. The molecule has 2 fully saturated rings. The van der Waals surface area contributed by atoms with Crippen LogP contribution in [0.1, 0.15) is 16.2 Å². The van der Waals surface area contributed by atoms with Crippen molar-refractivity contribution in [2.24, 2.45) is 0 Å². The molecule has 14 heteroatoms. The molecular weight excluding hydrogens is 581 g/mol. The molecule has 10 nitrogen and oxygen atoms in total. The Hall–Kier alpha value is -3.07. The lowest BCUT2D eigenvalue weighted by Crippen LogP contribution is -2.73. The molecule has 4 atom stereocenters. The van der Waals surface area contributed by atoms with Gasteiger partial charge >= 0.3 is 5.97 Å². The Kier molecular flexibility index (Phi) is 6.81. The van der Waals surface area contributed by atoms with Crippen LogP contribution in [0.4, 0.5) is 0 Å². The third-order valence-electron chi connectivity index (χ3n) is 6.94. The highest BCUT2D eigenvalue weighted by molar-refractivity contribution is 8.00. The van der Waals surface area contributed by atoms with Crippen LogP contribution in [-0.2, 0) is 35.9 Å². The Morgan fingerprint density at radius 3 is 2.49 bits per heavy atom. The van der Waals surface area contributed by atoms with Gasteiger partial charge in [0.25, 0.3) is 11.8 Å². The van der Waals surface area contributed by atoms with Crippen molar-refractivity contribution in [2.45, 2.75) is 35.2 Å². The molecule has 0 aliphatic carbocycles. The summed E-state index contributed by atoms with van der Waals surface area (Å²) in [5, 5.41) is 18.2. The zero-order chi connectivity index (χ0) is 27.3. The molecule has 2 unspecified atom stereocenters. The lowest BCUT2D eigenvalue weighted by atomic mass is 9.87. The number of carboxylic acids is 1. The second-order valence-corrected chi connectivity index (χ2v) is 13.5. The maximum Gasteiger partial charge on any atom is 0.352 e. The van der Waals surface area contributed by atoms with Gasteiger partial charge in [-0.15, -0.1) is 46.2 Å². The van der Waals surface area contributed by atoms with Gasteiger partial charge in [-0.1, -0.05) is 18.2 Å². The van der Waals surface area contributed by atoms with E-state index in [4.69, 9.17) is 0 Å². The normalized spacial score (nSPS) is 25.2. The Balaban J connectivity index is 1.38. The van der Waals surface area contributed by atoms with E-state index in [0.29, 0.717) is 28.5 Å². The van der Waals surface area contributed by atoms with Crippen molar-refractivity contribution in [3.8, 4) is 0 Å². The first-order valence-electron chi connectivity index (χ1n) is 12.0. The Morgan fingerprint density at radius 2 is 1.79 bits per heavy atom. The van der Waals surface area contributed by atoms with E-state index in [2.05, 4.69) is 10.6 Å². The van der Waals surface area contributed by atoms with Crippen LogP contribution in [0, 0.1) is 0 Å². The van der Waals surface area contributed by atoms with Crippen LogP contribution in [0.15, 0.2) is 58.6 Å². The molecule has 39 heavy (non-hydrogen) atoms. The fourth-order valence-corrected chi connectivity index (χ4v) is 9.02. The molecular formula is C25H22N4O6S4. The van der Waals surface area contributed by atoms with Crippen LogP contribution in [0.5, 0.6) is 0 Å². The summed E-state index contributed by atoms with van der Waals surface area (Å²) in [4.78, 5) is 69.4. The number of aliphatic carboxylic acids is 1. The van der Waals surface area contributed by atoms with Crippen molar-refractivity contribution in [3.05, 3.63) is 68.3 Å². The number of fused-ring (bicyclic) bond motifs is 2. The van der Waals surface area contributed by atoms with Crippen molar-refractivity contribution in [2.75, 3.05) is 11.5 Å². The molecule has 2 aromatic rings. The number of hydrogen-bond acceptors (Lipinski definition) is 9. The predicted molar refractivity (Wildman–Crippen MR) is 149 cm³/mol. The van der Waals surface area contributed by atoms with E-state index in [1.807, 2.05) is 17.5 Å². The average Bonchev–Trinajstić information content (AvgIpc) is 3.63. The molecule has 6 rings (SSSR count). The molecule has 0 spiro atoms. The minimum Gasteiger partial charge on any atom is -0.477 e. The number of nitrogens with zero attached hydrogens (tertiary/aromatic N) is 2. The Morgan fingerprint density at radius 1 is 1.03 bits per heavy atom. The molecule has 0 radical (unpaired) electrons. The summed E-state index contributed by atoms with van der Waals surface area (Å²) in [7, 11) is 0. The monoisotopic (exact) mass is 602 g/mol. The minimum absolute atomic E-state index is 0.0405. The number of rotatable bonds is 8. The van der Waals surface area contributed by atoms with Crippen molar-refractivity contribution < 1.29 is 29.1 Å². The van der Waals surface area contributed by atoms with E-state index in [0.717, 1.165) is 4.88 Å². The SMILES string of the molecule is O=C(Cc1cccs1)NC(C(=O)NC1C(=O)N2C(C(=O)O)=CCS[C@@H]12)(C1=CCS[C@H]2CC(=O)N12)c1cccs1. The predicted octanol–water partition coefficient (Wildman–Crippen LogP) is 1.92. The van der Waals surface area contributed by atoms with Crippen LogP contribution < -0.4 is 10.6 Å². The number of carbonyl (C=O) groups is 5. The van der Waals surface area contributed by atoms with Crippen molar-refractivity contribution in [3.63, 3.8) is 0 Å². The summed E-state index contributed by atoms with van der Waals surface area (Å²) < 4.78 is 0. The smallest absolute Gasteiger partial charge is 0.352 e. The van der Waals surface area contributed by atoms with Crippen molar-refractivity contribution in [1.29, 1.82) is 0 Å². The molecule has 0 bridgehead atoms. The topological polar surface area (TPSA) is 136 Å². The van der Waals surface area contributed by atoms with Gasteiger partial charge in [0, 0.05) is 21.3 Å². The van der Waals surface area contributed by atoms with Gasteiger partial charge in [-0.3, -0.25) is 24.1 Å². The number of nitrogens with one attached hydrogen (secondary N) is 2. The second kappa shape index (κ2) is 10.2. The zero-order valence-corrected chi connectivity index (χ0v) is 23.5. The van der Waals surface area contributed by atoms with Gasteiger partial charge in [0.2, 0.25) is 11.8 Å². The number of carboxylic acid groups (broad SMARTS) is 1.